The van der Waals surface area contributed by atoms with Gasteiger partial charge < -0.3 is 10.6 Å². The number of aromatic nitrogens is 1. The standard InChI is InChI=1S/C32H30F4N4O3S/c1-22-6-5-17-40(22,44(42,43)28-15-13-27(33)14-16-28)31(41)38-21-24-18-29(25-9-11-26(12-10-25)32(34,35)36)39-30(19-24)37-20-23-7-3-2-4-8-23/h2-4,7-16,18-19,22H,5-6,17,20-21H2,1H3,(H-,37,38,39,41)/p+1/t22-,40?/m1/s1. The largest absolute Gasteiger partial charge is 0.432 e. The predicted molar refractivity (Wildman–Crippen MR) is 158 cm³/mol. The summed E-state index contributed by atoms with van der Waals surface area (Å²) in [4.78, 5) is 18.2. The lowest BCUT2D eigenvalue weighted by Gasteiger charge is -2.33. The minimum atomic E-state index is -4.49. The van der Waals surface area contributed by atoms with Crippen LogP contribution in [0.3, 0.4) is 0 Å². The van der Waals surface area contributed by atoms with E-state index in [1.165, 1.54) is 12.1 Å². The Balaban J connectivity index is 1.44. The van der Waals surface area contributed by atoms with Gasteiger partial charge in [0.25, 0.3) is 0 Å². The quantitative estimate of drug-likeness (QED) is 0.161. The van der Waals surface area contributed by atoms with Crippen LogP contribution >= 0.6 is 0 Å². The number of quaternary nitrogens is 1. The Morgan fingerprint density at radius 3 is 2.23 bits per heavy atom. The van der Waals surface area contributed by atoms with Gasteiger partial charge in [-0.15, -0.1) is 3.89 Å². The molecule has 1 fully saturated rings. The Morgan fingerprint density at radius 2 is 1.61 bits per heavy atom. The molecule has 0 aliphatic carbocycles. The van der Waals surface area contributed by atoms with E-state index in [-0.39, 0.29) is 18.0 Å². The first kappa shape index (κ1) is 31.1. The Morgan fingerprint density at radius 1 is 0.932 bits per heavy atom. The van der Waals surface area contributed by atoms with Crippen molar-refractivity contribution in [2.24, 2.45) is 0 Å². The Bertz CT molecular complexity index is 1730. The van der Waals surface area contributed by atoms with Crippen molar-refractivity contribution < 1.29 is 34.7 Å². The summed E-state index contributed by atoms with van der Waals surface area (Å²) in [6, 6.07) is 20.6. The van der Waals surface area contributed by atoms with E-state index >= 15 is 0 Å². The van der Waals surface area contributed by atoms with Crippen LogP contribution in [0.15, 0.2) is 95.9 Å². The number of nitrogens with one attached hydrogen (secondary N) is 2. The zero-order valence-corrected chi connectivity index (χ0v) is 24.6. The van der Waals surface area contributed by atoms with Gasteiger partial charge in [0.1, 0.15) is 29.1 Å². The smallest absolute Gasteiger partial charge is 0.366 e. The van der Waals surface area contributed by atoms with Crippen LogP contribution in [0.25, 0.3) is 11.3 Å². The van der Waals surface area contributed by atoms with Crippen molar-refractivity contribution >= 4 is 21.9 Å². The topological polar surface area (TPSA) is 88.2 Å². The zero-order chi connectivity index (χ0) is 31.5. The van der Waals surface area contributed by atoms with Crippen molar-refractivity contribution in [2.45, 2.75) is 50.0 Å². The van der Waals surface area contributed by atoms with Crippen LogP contribution in [-0.2, 0) is 29.3 Å². The summed E-state index contributed by atoms with van der Waals surface area (Å²) in [5.41, 5.74) is 1.55. The molecule has 1 unspecified atom stereocenters. The first-order valence-corrected chi connectivity index (χ1v) is 15.5. The molecular formula is C32H31F4N4O3S+. The van der Waals surface area contributed by atoms with Crippen LogP contribution in [-0.4, -0.2) is 35.9 Å². The normalized spacial score (nSPS) is 18.6. The summed E-state index contributed by atoms with van der Waals surface area (Å²) in [5, 5.41) is 6.00. The van der Waals surface area contributed by atoms with E-state index in [0.29, 0.717) is 42.0 Å². The van der Waals surface area contributed by atoms with Crippen molar-refractivity contribution in [3.63, 3.8) is 0 Å². The Kier molecular flexibility index (Phi) is 8.76. The molecule has 2 amide bonds. The highest BCUT2D eigenvalue weighted by Gasteiger charge is 2.56. The van der Waals surface area contributed by atoms with E-state index in [1.54, 1.807) is 19.1 Å². The second-order valence-electron chi connectivity index (χ2n) is 10.8. The maximum atomic E-state index is 13.8. The van der Waals surface area contributed by atoms with Crippen molar-refractivity contribution in [1.29, 1.82) is 0 Å². The van der Waals surface area contributed by atoms with E-state index in [4.69, 9.17) is 0 Å². The third-order valence-corrected chi connectivity index (χ3v) is 10.3. The number of rotatable bonds is 8. The lowest BCUT2D eigenvalue weighted by Crippen LogP contribution is -2.62. The molecule has 230 valence electrons. The third kappa shape index (κ3) is 6.31. The number of anilines is 1. The number of benzene rings is 3. The molecule has 2 heterocycles. The fraction of sp³-hybridized carbons (Fsp3) is 0.250. The molecule has 1 aromatic heterocycles. The molecule has 7 nitrogen and oxygen atoms in total. The third-order valence-electron chi connectivity index (χ3n) is 7.86. The second kappa shape index (κ2) is 12.4. The second-order valence-corrected chi connectivity index (χ2v) is 12.8. The molecule has 0 saturated carbocycles. The molecule has 0 bridgehead atoms. The number of hydrogen-bond acceptors (Lipinski definition) is 5. The highest BCUT2D eigenvalue weighted by Crippen LogP contribution is 2.36. The minimum absolute atomic E-state index is 0.0593. The summed E-state index contributed by atoms with van der Waals surface area (Å²) in [6.45, 7) is 2.11. The van der Waals surface area contributed by atoms with E-state index in [1.807, 2.05) is 30.3 Å². The predicted octanol–water partition coefficient (Wildman–Crippen LogP) is 7.12. The lowest BCUT2D eigenvalue weighted by atomic mass is 10.1. The van der Waals surface area contributed by atoms with E-state index in [0.717, 1.165) is 42.0 Å². The van der Waals surface area contributed by atoms with Gasteiger partial charge in [0.05, 0.1) is 11.3 Å². The average Bonchev–Trinajstić information content (AvgIpc) is 3.42. The first-order chi connectivity index (χ1) is 20.9. The van der Waals surface area contributed by atoms with Crippen LogP contribution in [0.2, 0.25) is 0 Å². The maximum absolute atomic E-state index is 13.8. The Labute approximate surface area is 253 Å². The fourth-order valence-corrected chi connectivity index (χ4v) is 7.56. The van der Waals surface area contributed by atoms with Gasteiger partial charge in [0, 0.05) is 31.5 Å². The zero-order valence-electron chi connectivity index (χ0n) is 23.8. The first-order valence-electron chi connectivity index (χ1n) is 14.0. The van der Waals surface area contributed by atoms with Crippen molar-refractivity contribution in [2.75, 3.05) is 11.9 Å². The number of nitrogens with zero attached hydrogens (tertiary/aromatic N) is 2. The number of alkyl halides is 3. The summed E-state index contributed by atoms with van der Waals surface area (Å²) >= 11 is 0. The van der Waals surface area contributed by atoms with E-state index in [2.05, 4.69) is 15.6 Å². The molecule has 12 heteroatoms. The van der Waals surface area contributed by atoms with Gasteiger partial charge in [-0.3, -0.25) is 0 Å². The summed E-state index contributed by atoms with van der Waals surface area (Å²) in [6.07, 6.45) is -3.47. The van der Waals surface area contributed by atoms with Crippen LogP contribution in [0.4, 0.5) is 28.2 Å². The highest BCUT2D eigenvalue weighted by molar-refractivity contribution is 7.86. The molecule has 44 heavy (non-hydrogen) atoms. The monoisotopic (exact) mass is 627 g/mol. The molecule has 3 aromatic carbocycles. The average molecular weight is 628 g/mol. The molecule has 1 saturated heterocycles. The summed E-state index contributed by atoms with van der Waals surface area (Å²) in [7, 11) is -4.24. The van der Waals surface area contributed by atoms with Gasteiger partial charge >= 0.3 is 22.2 Å². The molecule has 0 radical (unpaired) electrons. The molecule has 0 spiro atoms. The van der Waals surface area contributed by atoms with Gasteiger partial charge in [-0.25, -0.2) is 14.2 Å². The number of sulfonamides is 1. The highest BCUT2D eigenvalue weighted by atomic mass is 32.2. The number of likely N-dealkylation sites (tertiary alicyclic amines) is 1. The van der Waals surface area contributed by atoms with Crippen molar-refractivity contribution in [1.82, 2.24) is 10.3 Å². The molecule has 2 atom stereocenters. The van der Waals surface area contributed by atoms with Gasteiger partial charge in [-0.2, -0.15) is 21.6 Å². The maximum Gasteiger partial charge on any atom is 0.432 e. The number of carbonyl (C=O) groups is 1. The van der Waals surface area contributed by atoms with E-state index in [9.17, 15) is 30.8 Å². The lowest BCUT2D eigenvalue weighted by molar-refractivity contribution is -0.733. The number of carbonyl (C=O) groups excluding carboxylic acids is 1. The van der Waals surface area contributed by atoms with Crippen molar-refractivity contribution in [3.05, 3.63) is 114 Å². The van der Waals surface area contributed by atoms with Crippen LogP contribution in [0.1, 0.15) is 36.5 Å². The SMILES string of the molecule is C[C@@H]1CCC[N+]1(C(=O)NCc1cc(NCc2ccccc2)nc(-c2ccc(C(F)(F)F)cc2)c1)S(=O)(=O)c1ccc(F)cc1. The number of halogens is 4. The Hall–Kier alpha value is -4.29. The van der Waals surface area contributed by atoms with Gasteiger partial charge in [0.15, 0.2) is 0 Å². The molecule has 1 aliphatic rings. The minimum Gasteiger partial charge on any atom is -0.366 e. The summed E-state index contributed by atoms with van der Waals surface area (Å²) in [5.74, 6) is -0.166. The summed E-state index contributed by atoms with van der Waals surface area (Å²) < 4.78 is 79.8. The molecular weight excluding hydrogens is 596 g/mol. The van der Waals surface area contributed by atoms with Gasteiger partial charge in [-0.1, -0.05) is 42.5 Å². The van der Waals surface area contributed by atoms with Crippen LogP contribution in [0.5, 0.6) is 0 Å². The van der Waals surface area contributed by atoms with Gasteiger partial charge in [-0.05, 0) is 66.6 Å². The van der Waals surface area contributed by atoms with Crippen molar-refractivity contribution in [3.8, 4) is 11.3 Å². The number of urea groups is 1. The van der Waals surface area contributed by atoms with Crippen LogP contribution in [0, 0.1) is 5.82 Å². The molecule has 5 rings (SSSR count). The van der Waals surface area contributed by atoms with Crippen LogP contribution < -0.4 is 10.6 Å². The number of amides is 2. The van der Waals surface area contributed by atoms with E-state index < -0.39 is 43.5 Å². The fourth-order valence-electron chi connectivity index (χ4n) is 5.47. The number of pyridine rings is 1. The molecule has 4 aromatic rings. The number of hydrogen-bond donors (Lipinski definition) is 2. The molecule has 1 aliphatic heterocycles. The molecule has 2 N–H and O–H groups in total. The van der Waals surface area contributed by atoms with Gasteiger partial charge in [0.2, 0.25) is 0 Å².